The SMILES string of the molecule is Cc1ccc(C)c(Cc2ccc(-c3oc(-c4ccc(C(C)(C)C)cc4)n[n+]3C)c(C)c2)c1. The molecule has 0 spiro atoms. The van der Waals surface area contributed by atoms with Gasteiger partial charge in [0.2, 0.25) is 0 Å². The van der Waals surface area contributed by atoms with Crippen LogP contribution in [0, 0.1) is 20.8 Å². The zero-order valence-electron chi connectivity index (χ0n) is 20.3. The van der Waals surface area contributed by atoms with Crippen LogP contribution < -0.4 is 4.68 Å². The molecule has 32 heavy (non-hydrogen) atoms. The van der Waals surface area contributed by atoms with E-state index in [4.69, 9.17) is 4.42 Å². The summed E-state index contributed by atoms with van der Waals surface area (Å²) < 4.78 is 8.07. The van der Waals surface area contributed by atoms with E-state index in [9.17, 15) is 0 Å². The van der Waals surface area contributed by atoms with Crippen LogP contribution in [0.2, 0.25) is 0 Å². The molecule has 4 rings (SSSR count). The van der Waals surface area contributed by atoms with E-state index in [0.717, 1.165) is 23.4 Å². The molecular formula is C29H33N2O+. The third-order valence-corrected chi connectivity index (χ3v) is 6.15. The summed E-state index contributed by atoms with van der Waals surface area (Å²) in [5, 5.41) is 4.65. The second kappa shape index (κ2) is 8.38. The Bertz CT molecular complexity index is 1260. The summed E-state index contributed by atoms with van der Waals surface area (Å²) in [6.45, 7) is 13.1. The maximum atomic E-state index is 6.24. The van der Waals surface area contributed by atoms with Gasteiger partial charge in [0, 0.05) is 10.7 Å². The summed E-state index contributed by atoms with van der Waals surface area (Å²) >= 11 is 0. The van der Waals surface area contributed by atoms with E-state index in [2.05, 4.69) is 107 Å². The standard InChI is InChI=1S/C29H33N2O/c1-19-8-9-20(2)24(16-19)18-22-10-15-26(21(3)17-22)28-31(7)30-27(32-28)23-11-13-25(14-12-23)29(4,5)6/h8-17H,18H2,1-7H3/q+1. The molecular weight excluding hydrogens is 392 g/mol. The Balaban J connectivity index is 1.62. The van der Waals surface area contributed by atoms with E-state index < -0.39 is 0 Å². The third-order valence-electron chi connectivity index (χ3n) is 6.15. The normalized spacial score (nSPS) is 11.7. The van der Waals surface area contributed by atoms with Crippen molar-refractivity contribution in [3.05, 3.63) is 94.0 Å². The highest BCUT2D eigenvalue weighted by Crippen LogP contribution is 2.29. The van der Waals surface area contributed by atoms with Crippen molar-refractivity contribution in [2.75, 3.05) is 0 Å². The summed E-state index contributed by atoms with van der Waals surface area (Å²) in [5.41, 5.74) is 9.99. The van der Waals surface area contributed by atoms with Gasteiger partial charge in [-0.05, 0) is 83.3 Å². The maximum absolute atomic E-state index is 6.24. The molecule has 3 heteroatoms. The molecule has 0 bridgehead atoms. The molecule has 0 aliphatic rings. The van der Waals surface area contributed by atoms with Crippen LogP contribution in [0.5, 0.6) is 0 Å². The fourth-order valence-electron chi connectivity index (χ4n) is 4.10. The van der Waals surface area contributed by atoms with Gasteiger partial charge in [0.25, 0.3) is 5.89 Å². The molecule has 0 unspecified atom stereocenters. The smallest absolute Gasteiger partial charge is 0.377 e. The minimum atomic E-state index is 0.126. The molecule has 0 aliphatic carbocycles. The predicted molar refractivity (Wildman–Crippen MR) is 131 cm³/mol. The number of nitrogens with zero attached hydrogens (tertiary/aromatic N) is 2. The van der Waals surface area contributed by atoms with E-state index in [0.29, 0.717) is 5.89 Å². The van der Waals surface area contributed by atoms with Crippen LogP contribution in [-0.2, 0) is 18.9 Å². The lowest BCUT2D eigenvalue weighted by molar-refractivity contribution is -0.719. The average molecular weight is 426 g/mol. The van der Waals surface area contributed by atoms with Crippen molar-refractivity contribution in [3.8, 4) is 22.9 Å². The molecule has 0 saturated heterocycles. The summed E-state index contributed by atoms with van der Waals surface area (Å²) in [6, 6.07) is 21.8. The van der Waals surface area contributed by atoms with Gasteiger partial charge < -0.3 is 4.42 Å². The summed E-state index contributed by atoms with van der Waals surface area (Å²) in [4.78, 5) is 0. The van der Waals surface area contributed by atoms with Crippen LogP contribution in [0.25, 0.3) is 22.9 Å². The Morgan fingerprint density at radius 3 is 2.22 bits per heavy atom. The van der Waals surface area contributed by atoms with Gasteiger partial charge in [-0.3, -0.25) is 0 Å². The number of aromatic nitrogens is 2. The van der Waals surface area contributed by atoms with Crippen molar-refractivity contribution >= 4 is 0 Å². The van der Waals surface area contributed by atoms with E-state index in [1.54, 1.807) is 0 Å². The largest absolute Gasteiger partial charge is 0.408 e. The third kappa shape index (κ3) is 4.52. The molecule has 4 aromatic rings. The van der Waals surface area contributed by atoms with Crippen LogP contribution >= 0.6 is 0 Å². The number of rotatable bonds is 4. The first-order valence-corrected chi connectivity index (χ1v) is 11.3. The summed E-state index contributed by atoms with van der Waals surface area (Å²) in [5.74, 6) is 1.41. The Labute approximate surface area is 191 Å². The minimum Gasteiger partial charge on any atom is -0.377 e. The average Bonchev–Trinajstić information content (AvgIpc) is 3.12. The van der Waals surface area contributed by atoms with E-state index in [-0.39, 0.29) is 5.41 Å². The number of benzene rings is 3. The number of aryl methyl sites for hydroxylation is 4. The van der Waals surface area contributed by atoms with Crippen molar-refractivity contribution in [1.29, 1.82) is 0 Å². The molecule has 164 valence electrons. The Kier molecular flexibility index (Phi) is 5.77. The van der Waals surface area contributed by atoms with Gasteiger partial charge in [-0.2, -0.15) is 0 Å². The Morgan fingerprint density at radius 1 is 0.844 bits per heavy atom. The highest BCUT2D eigenvalue weighted by Gasteiger charge is 2.24. The molecule has 0 fully saturated rings. The fourth-order valence-corrected chi connectivity index (χ4v) is 4.10. The van der Waals surface area contributed by atoms with Gasteiger partial charge in [-0.25, -0.2) is 0 Å². The molecule has 1 aromatic heterocycles. The lowest BCUT2D eigenvalue weighted by atomic mass is 9.87. The van der Waals surface area contributed by atoms with Gasteiger partial charge in [0.15, 0.2) is 7.05 Å². The summed E-state index contributed by atoms with van der Waals surface area (Å²) in [6.07, 6.45) is 0.933. The maximum Gasteiger partial charge on any atom is 0.408 e. The van der Waals surface area contributed by atoms with E-state index in [1.165, 1.54) is 33.4 Å². The van der Waals surface area contributed by atoms with Crippen molar-refractivity contribution in [2.24, 2.45) is 7.05 Å². The van der Waals surface area contributed by atoms with Gasteiger partial charge in [0.05, 0.1) is 5.56 Å². The zero-order chi connectivity index (χ0) is 23.0. The first-order valence-electron chi connectivity index (χ1n) is 11.3. The van der Waals surface area contributed by atoms with Crippen LogP contribution in [0.3, 0.4) is 0 Å². The van der Waals surface area contributed by atoms with Crippen molar-refractivity contribution < 1.29 is 9.10 Å². The molecule has 0 N–H and O–H groups in total. The van der Waals surface area contributed by atoms with Gasteiger partial charge >= 0.3 is 5.89 Å². The first-order chi connectivity index (χ1) is 15.1. The number of hydrogen-bond donors (Lipinski definition) is 0. The van der Waals surface area contributed by atoms with Gasteiger partial charge in [0.1, 0.15) is 0 Å². The van der Waals surface area contributed by atoms with Gasteiger partial charge in [-0.1, -0.05) is 68.8 Å². The second-order valence-corrected chi connectivity index (χ2v) is 9.92. The lowest BCUT2D eigenvalue weighted by Gasteiger charge is -2.18. The quantitative estimate of drug-likeness (QED) is 0.343. The number of hydrogen-bond acceptors (Lipinski definition) is 2. The van der Waals surface area contributed by atoms with Crippen LogP contribution in [-0.4, -0.2) is 5.10 Å². The topological polar surface area (TPSA) is 29.9 Å². The van der Waals surface area contributed by atoms with Crippen LogP contribution in [0.15, 0.2) is 65.1 Å². The highest BCUT2D eigenvalue weighted by molar-refractivity contribution is 5.60. The summed E-state index contributed by atoms with van der Waals surface area (Å²) in [7, 11) is 1.94. The first kappa shape index (κ1) is 22.0. The molecule has 0 saturated carbocycles. The molecule has 3 nitrogen and oxygen atoms in total. The predicted octanol–water partition coefficient (Wildman–Crippen LogP) is 6.65. The zero-order valence-corrected chi connectivity index (χ0v) is 20.3. The molecule has 0 amide bonds. The van der Waals surface area contributed by atoms with E-state index >= 15 is 0 Å². The second-order valence-electron chi connectivity index (χ2n) is 9.92. The Hall–Kier alpha value is -3.20. The minimum absolute atomic E-state index is 0.126. The molecule has 0 radical (unpaired) electrons. The molecule has 0 atom stereocenters. The molecule has 1 heterocycles. The van der Waals surface area contributed by atoms with E-state index in [1.807, 2.05) is 11.7 Å². The van der Waals surface area contributed by atoms with Gasteiger partial charge in [-0.15, -0.1) is 0 Å². The van der Waals surface area contributed by atoms with Crippen molar-refractivity contribution in [3.63, 3.8) is 0 Å². The highest BCUT2D eigenvalue weighted by atomic mass is 16.4. The lowest BCUT2D eigenvalue weighted by Crippen LogP contribution is -2.32. The van der Waals surface area contributed by atoms with Crippen LogP contribution in [0.4, 0.5) is 0 Å². The molecule has 3 aromatic carbocycles. The Morgan fingerprint density at radius 2 is 1.56 bits per heavy atom. The molecule has 0 aliphatic heterocycles. The fraction of sp³-hybridized carbons (Fsp3) is 0.310. The van der Waals surface area contributed by atoms with Crippen molar-refractivity contribution in [1.82, 2.24) is 5.10 Å². The monoisotopic (exact) mass is 425 g/mol. The van der Waals surface area contributed by atoms with Crippen LogP contribution in [0.1, 0.15) is 54.2 Å². The van der Waals surface area contributed by atoms with Crippen molar-refractivity contribution in [2.45, 2.75) is 53.4 Å².